The van der Waals surface area contributed by atoms with E-state index >= 15 is 0 Å². The van der Waals surface area contributed by atoms with Crippen LogP contribution < -0.4 is 0 Å². The molecule has 0 fully saturated rings. The van der Waals surface area contributed by atoms with Gasteiger partial charge in [0.1, 0.15) is 11.2 Å². The van der Waals surface area contributed by atoms with Crippen LogP contribution in [0.15, 0.2) is 247 Å². The van der Waals surface area contributed by atoms with Crippen molar-refractivity contribution in [1.82, 2.24) is 9.97 Å². The van der Waals surface area contributed by atoms with Crippen molar-refractivity contribution in [3.8, 4) is 67.3 Å². The van der Waals surface area contributed by atoms with Crippen LogP contribution >= 0.6 is 0 Å². The Bertz CT molecular complexity index is 3770. The van der Waals surface area contributed by atoms with Crippen molar-refractivity contribution < 1.29 is 4.42 Å². The van der Waals surface area contributed by atoms with Gasteiger partial charge in [-0.05, 0) is 115 Å². The van der Waals surface area contributed by atoms with Gasteiger partial charge in [-0.2, -0.15) is 0 Å². The lowest BCUT2D eigenvalue weighted by atomic mass is 9.67. The molecule has 0 radical (unpaired) electrons. The second-order valence-electron chi connectivity index (χ2n) is 17.3. The summed E-state index contributed by atoms with van der Waals surface area (Å²) in [6.45, 7) is 0. The first-order valence-electron chi connectivity index (χ1n) is 22.5. The molecule has 0 aliphatic heterocycles. The third kappa shape index (κ3) is 6.05. The van der Waals surface area contributed by atoms with E-state index in [9.17, 15) is 0 Å². The van der Waals surface area contributed by atoms with Crippen molar-refractivity contribution in [2.45, 2.75) is 5.41 Å². The Morgan fingerprint density at radius 2 is 0.879 bits per heavy atom. The molecule has 1 aliphatic rings. The highest BCUT2D eigenvalue weighted by atomic mass is 16.3. The van der Waals surface area contributed by atoms with Gasteiger partial charge in [-0.1, -0.05) is 194 Å². The molecule has 0 bridgehead atoms. The molecule has 3 nitrogen and oxygen atoms in total. The van der Waals surface area contributed by atoms with E-state index in [1.165, 1.54) is 49.7 Å². The molecule has 12 aromatic rings. The van der Waals surface area contributed by atoms with Crippen LogP contribution in [0, 0.1) is 0 Å². The Labute approximate surface area is 383 Å². The quantitative estimate of drug-likeness (QED) is 0.160. The molecule has 308 valence electrons. The Morgan fingerprint density at radius 3 is 1.68 bits per heavy atom. The highest BCUT2D eigenvalue weighted by Gasteiger charge is 2.46. The third-order valence-electron chi connectivity index (χ3n) is 13.6. The molecule has 0 amide bonds. The molecule has 66 heavy (non-hydrogen) atoms. The summed E-state index contributed by atoms with van der Waals surface area (Å²) >= 11 is 0. The van der Waals surface area contributed by atoms with E-state index in [2.05, 4.69) is 224 Å². The van der Waals surface area contributed by atoms with Crippen molar-refractivity contribution in [2.75, 3.05) is 0 Å². The van der Waals surface area contributed by atoms with Crippen molar-refractivity contribution in [3.63, 3.8) is 0 Å². The molecule has 3 heteroatoms. The smallest absolute Gasteiger partial charge is 0.160 e. The fraction of sp³-hybridized carbons (Fsp3) is 0.0159. The van der Waals surface area contributed by atoms with E-state index in [-0.39, 0.29) is 0 Å². The maximum atomic E-state index is 6.27. The first-order chi connectivity index (χ1) is 32.7. The summed E-state index contributed by atoms with van der Waals surface area (Å²) in [5.41, 5.74) is 17.9. The van der Waals surface area contributed by atoms with Gasteiger partial charge in [-0.15, -0.1) is 0 Å². The Hall–Kier alpha value is -8.66. The second kappa shape index (κ2) is 15.3. The van der Waals surface area contributed by atoms with E-state index in [1.807, 2.05) is 18.2 Å². The molecular weight excluding hydrogens is 801 g/mol. The number of aromatic nitrogens is 2. The summed E-state index contributed by atoms with van der Waals surface area (Å²) in [5, 5.41) is 4.60. The number of furan rings is 1. The number of hydrogen-bond donors (Lipinski definition) is 0. The van der Waals surface area contributed by atoms with Crippen LogP contribution in [0.25, 0.3) is 100.0 Å². The summed E-state index contributed by atoms with van der Waals surface area (Å²) in [5.74, 6) is 0.676. The lowest BCUT2D eigenvalue weighted by Crippen LogP contribution is -2.28. The van der Waals surface area contributed by atoms with Gasteiger partial charge in [0.25, 0.3) is 0 Å². The van der Waals surface area contributed by atoms with E-state index in [1.54, 1.807) is 0 Å². The lowest BCUT2D eigenvalue weighted by Gasteiger charge is -2.33. The molecular formula is C63H40N2O. The van der Waals surface area contributed by atoms with Gasteiger partial charge in [0.2, 0.25) is 0 Å². The van der Waals surface area contributed by atoms with Crippen LogP contribution in [0.4, 0.5) is 0 Å². The number of rotatable bonds is 7. The van der Waals surface area contributed by atoms with Crippen molar-refractivity contribution in [3.05, 3.63) is 265 Å². The summed E-state index contributed by atoms with van der Waals surface area (Å²) in [6, 6.07) is 87.2. The third-order valence-corrected chi connectivity index (χ3v) is 13.6. The zero-order chi connectivity index (χ0) is 43.6. The molecule has 13 rings (SSSR count). The minimum absolute atomic E-state index is 0.483. The maximum Gasteiger partial charge on any atom is 0.160 e. The molecule has 0 saturated carbocycles. The van der Waals surface area contributed by atoms with Crippen LogP contribution in [0.1, 0.15) is 22.3 Å². The standard InChI is InChI=1S/C63H40N2O/c1-4-18-42(19-5-1)62-64-58(44-31-33-57-54(39-44)52-26-12-14-29-56(52)63(57,48-21-6-2-7-22-48)49-23-8-3-9-24-49)40-59(65-62)47-36-45(35-46(37-47)51-28-16-20-41-17-10-11-25-50(41)51)43-32-34-61-55(38-43)53-27-13-15-30-60(53)66-61/h1-40H. The highest BCUT2D eigenvalue weighted by Crippen LogP contribution is 2.56. The van der Waals surface area contributed by atoms with E-state index in [0.717, 1.165) is 66.7 Å². The van der Waals surface area contributed by atoms with Gasteiger partial charge >= 0.3 is 0 Å². The minimum Gasteiger partial charge on any atom is -0.456 e. The SMILES string of the molecule is c1ccc(-c2nc(-c3cc(-c4ccc5oc6ccccc6c5c4)cc(-c4cccc5ccccc45)c3)cc(-c3ccc4c(c3)-c3ccccc3C4(c3ccccc3)c3ccccc3)n2)cc1. The van der Waals surface area contributed by atoms with Crippen LogP contribution in [0.2, 0.25) is 0 Å². The average Bonchev–Trinajstić information content (AvgIpc) is 3.92. The van der Waals surface area contributed by atoms with Gasteiger partial charge in [0.15, 0.2) is 5.82 Å². The fourth-order valence-corrected chi connectivity index (χ4v) is 10.5. The predicted molar refractivity (Wildman–Crippen MR) is 271 cm³/mol. The summed E-state index contributed by atoms with van der Waals surface area (Å²) in [7, 11) is 0. The van der Waals surface area contributed by atoms with E-state index in [0.29, 0.717) is 5.82 Å². The topological polar surface area (TPSA) is 38.9 Å². The minimum atomic E-state index is -0.483. The number of hydrogen-bond acceptors (Lipinski definition) is 3. The zero-order valence-electron chi connectivity index (χ0n) is 35.9. The van der Waals surface area contributed by atoms with Gasteiger partial charge in [-0.25, -0.2) is 9.97 Å². The first kappa shape index (κ1) is 37.9. The molecule has 0 unspecified atom stereocenters. The molecule has 0 atom stereocenters. The number of benzene rings is 10. The zero-order valence-corrected chi connectivity index (χ0v) is 35.9. The maximum absolute atomic E-state index is 6.27. The second-order valence-corrected chi connectivity index (χ2v) is 17.3. The summed E-state index contributed by atoms with van der Waals surface area (Å²) in [6.07, 6.45) is 0. The lowest BCUT2D eigenvalue weighted by molar-refractivity contribution is 0.669. The predicted octanol–water partition coefficient (Wildman–Crippen LogP) is 16.2. The van der Waals surface area contributed by atoms with Gasteiger partial charge < -0.3 is 4.42 Å². The summed E-state index contributed by atoms with van der Waals surface area (Å²) in [4.78, 5) is 10.8. The monoisotopic (exact) mass is 840 g/mol. The van der Waals surface area contributed by atoms with Gasteiger partial charge in [0.05, 0.1) is 16.8 Å². The van der Waals surface area contributed by atoms with Gasteiger partial charge in [0, 0.05) is 27.5 Å². The Morgan fingerprint density at radius 1 is 0.303 bits per heavy atom. The van der Waals surface area contributed by atoms with Crippen LogP contribution in [0.3, 0.4) is 0 Å². The normalized spacial score (nSPS) is 12.7. The van der Waals surface area contributed by atoms with Crippen molar-refractivity contribution >= 4 is 32.7 Å². The van der Waals surface area contributed by atoms with Crippen molar-refractivity contribution in [2.24, 2.45) is 0 Å². The van der Waals surface area contributed by atoms with Crippen molar-refractivity contribution in [1.29, 1.82) is 0 Å². The number of para-hydroxylation sites is 1. The first-order valence-corrected chi connectivity index (χ1v) is 22.5. The molecule has 0 spiro atoms. The van der Waals surface area contributed by atoms with Crippen LogP contribution in [-0.2, 0) is 5.41 Å². The molecule has 0 N–H and O–H groups in total. The van der Waals surface area contributed by atoms with Crippen LogP contribution in [-0.4, -0.2) is 9.97 Å². The van der Waals surface area contributed by atoms with Crippen LogP contribution in [0.5, 0.6) is 0 Å². The largest absolute Gasteiger partial charge is 0.456 e. The highest BCUT2D eigenvalue weighted by molar-refractivity contribution is 6.06. The molecule has 2 aromatic heterocycles. The Balaban J connectivity index is 1.03. The van der Waals surface area contributed by atoms with E-state index in [4.69, 9.17) is 14.4 Å². The number of fused-ring (bicyclic) bond motifs is 7. The molecule has 2 heterocycles. The summed E-state index contributed by atoms with van der Waals surface area (Å²) < 4.78 is 6.27. The molecule has 10 aromatic carbocycles. The molecule has 1 aliphatic carbocycles. The van der Waals surface area contributed by atoms with Gasteiger partial charge in [-0.3, -0.25) is 0 Å². The van der Waals surface area contributed by atoms with E-state index < -0.39 is 5.41 Å². The molecule has 0 saturated heterocycles. The average molecular weight is 841 g/mol. The fourth-order valence-electron chi connectivity index (χ4n) is 10.5. The Kier molecular flexibility index (Phi) is 8.75. The number of nitrogens with zero attached hydrogens (tertiary/aromatic N) is 2.